The molecule has 0 aromatic rings. The first-order chi connectivity index (χ1) is 9.63. The molecule has 3 aliphatic rings. The molecule has 112 valence electrons. The van der Waals surface area contributed by atoms with Crippen LogP contribution in [0.5, 0.6) is 0 Å². The van der Waals surface area contributed by atoms with Gasteiger partial charge in [-0.25, -0.2) is 0 Å². The van der Waals surface area contributed by atoms with Gasteiger partial charge in [0, 0.05) is 31.6 Å². The molecule has 5 nitrogen and oxygen atoms in total. The standard InChI is InChI=1S/C15H25N3O2/c1-18-12-3-4-13(18)7-10(6-12)8-17-15(20)11-2-5-14(19)16-9-11/h10-13H,2-9H2,1H3,(H,16,19)(H,17,20). The van der Waals surface area contributed by atoms with Crippen LogP contribution in [-0.2, 0) is 9.59 Å². The molecule has 0 spiro atoms. The summed E-state index contributed by atoms with van der Waals surface area (Å²) in [6, 6.07) is 1.45. The Morgan fingerprint density at radius 1 is 1.30 bits per heavy atom. The van der Waals surface area contributed by atoms with Crippen molar-refractivity contribution < 1.29 is 9.59 Å². The average molecular weight is 279 g/mol. The third-order valence-electron chi connectivity index (χ3n) is 5.40. The van der Waals surface area contributed by atoms with Gasteiger partial charge in [0.2, 0.25) is 11.8 Å². The molecule has 3 atom stereocenters. The zero-order valence-electron chi connectivity index (χ0n) is 12.2. The van der Waals surface area contributed by atoms with Crippen molar-refractivity contribution in [1.82, 2.24) is 15.5 Å². The monoisotopic (exact) mass is 279 g/mol. The van der Waals surface area contributed by atoms with Crippen molar-refractivity contribution in [2.75, 3.05) is 20.1 Å². The van der Waals surface area contributed by atoms with Crippen LogP contribution in [0.1, 0.15) is 38.5 Å². The van der Waals surface area contributed by atoms with Gasteiger partial charge in [-0.1, -0.05) is 0 Å². The highest BCUT2D eigenvalue weighted by molar-refractivity contribution is 5.83. The van der Waals surface area contributed by atoms with Crippen LogP contribution in [0.15, 0.2) is 0 Å². The van der Waals surface area contributed by atoms with Crippen LogP contribution in [0.3, 0.4) is 0 Å². The number of carbonyl (C=O) groups excluding carboxylic acids is 2. The number of nitrogens with one attached hydrogen (secondary N) is 2. The highest BCUT2D eigenvalue weighted by atomic mass is 16.2. The van der Waals surface area contributed by atoms with E-state index >= 15 is 0 Å². The van der Waals surface area contributed by atoms with Crippen LogP contribution in [0.4, 0.5) is 0 Å². The predicted molar refractivity (Wildman–Crippen MR) is 76.0 cm³/mol. The molecule has 0 radical (unpaired) electrons. The van der Waals surface area contributed by atoms with E-state index in [0.717, 1.165) is 18.6 Å². The maximum absolute atomic E-state index is 12.1. The van der Waals surface area contributed by atoms with Gasteiger partial charge in [0.1, 0.15) is 0 Å². The molecule has 2 amide bonds. The summed E-state index contributed by atoms with van der Waals surface area (Å²) < 4.78 is 0. The lowest BCUT2D eigenvalue weighted by atomic mass is 9.90. The van der Waals surface area contributed by atoms with Crippen LogP contribution in [0.2, 0.25) is 0 Å². The summed E-state index contributed by atoms with van der Waals surface area (Å²) in [6.45, 7) is 1.31. The SMILES string of the molecule is CN1C2CCC1CC(CNC(=O)C1CCC(=O)NC1)C2. The van der Waals surface area contributed by atoms with Gasteiger partial charge in [0.15, 0.2) is 0 Å². The molecule has 3 unspecified atom stereocenters. The topological polar surface area (TPSA) is 61.4 Å². The van der Waals surface area contributed by atoms with E-state index < -0.39 is 0 Å². The molecule has 0 aromatic heterocycles. The summed E-state index contributed by atoms with van der Waals surface area (Å²) in [5.74, 6) is 0.790. The molecule has 2 N–H and O–H groups in total. The highest BCUT2D eigenvalue weighted by Gasteiger charge is 2.38. The molecule has 3 heterocycles. The number of fused-ring (bicyclic) bond motifs is 2. The van der Waals surface area contributed by atoms with Gasteiger partial charge in [-0.15, -0.1) is 0 Å². The summed E-state index contributed by atoms with van der Waals surface area (Å²) >= 11 is 0. The Balaban J connectivity index is 1.43. The Morgan fingerprint density at radius 3 is 2.60 bits per heavy atom. The number of nitrogens with zero attached hydrogens (tertiary/aromatic N) is 1. The zero-order valence-corrected chi connectivity index (χ0v) is 12.2. The fourth-order valence-electron chi connectivity index (χ4n) is 4.04. The van der Waals surface area contributed by atoms with Crippen molar-refractivity contribution in [1.29, 1.82) is 0 Å². The van der Waals surface area contributed by atoms with Crippen LogP contribution < -0.4 is 10.6 Å². The average Bonchev–Trinajstić information content (AvgIpc) is 2.66. The van der Waals surface area contributed by atoms with Crippen LogP contribution >= 0.6 is 0 Å². The Morgan fingerprint density at radius 2 is 2.00 bits per heavy atom. The Hall–Kier alpha value is -1.10. The van der Waals surface area contributed by atoms with Crippen molar-refractivity contribution in [2.24, 2.45) is 11.8 Å². The lowest BCUT2D eigenvalue weighted by Crippen LogP contribution is -2.46. The number of hydrogen-bond acceptors (Lipinski definition) is 3. The first-order valence-electron chi connectivity index (χ1n) is 7.90. The molecule has 20 heavy (non-hydrogen) atoms. The van der Waals surface area contributed by atoms with E-state index in [9.17, 15) is 9.59 Å². The molecule has 3 aliphatic heterocycles. The Bertz CT molecular complexity index is 375. The predicted octanol–water partition coefficient (Wildman–Crippen LogP) is 0.502. The van der Waals surface area contributed by atoms with Gasteiger partial charge in [0.25, 0.3) is 0 Å². The molecular formula is C15H25N3O2. The van der Waals surface area contributed by atoms with Gasteiger partial charge >= 0.3 is 0 Å². The smallest absolute Gasteiger partial charge is 0.224 e. The summed E-state index contributed by atoms with van der Waals surface area (Å²) in [6.07, 6.45) is 6.25. The molecule has 0 saturated carbocycles. The number of rotatable bonds is 3. The van der Waals surface area contributed by atoms with Gasteiger partial charge in [-0.3, -0.25) is 9.59 Å². The fourth-order valence-corrected chi connectivity index (χ4v) is 4.04. The minimum Gasteiger partial charge on any atom is -0.356 e. The van der Waals surface area contributed by atoms with Gasteiger partial charge in [-0.2, -0.15) is 0 Å². The van der Waals surface area contributed by atoms with E-state index in [2.05, 4.69) is 22.6 Å². The number of piperidine rings is 2. The van der Waals surface area contributed by atoms with Crippen molar-refractivity contribution in [3.05, 3.63) is 0 Å². The van der Waals surface area contributed by atoms with Crippen LogP contribution in [0, 0.1) is 11.8 Å². The van der Waals surface area contributed by atoms with E-state index in [1.165, 1.54) is 25.7 Å². The molecule has 3 fully saturated rings. The van der Waals surface area contributed by atoms with Gasteiger partial charge < -0.3 is 15.5 Å². The quantitative estimate of drug-likeness (QED) is 0.791. The van der Waals surface area contributed by atoms with E-state index in [4.69, 9.17) is 0 Å². The van der Waals surface area contributed by atoms with Crippen LogP contribution in [0.25, 0.3) is 0 Å². The number of amides is 2. The second kappa shape index (κ2) is 5.72. The largest absolute Gasteiger partial charge is 0.356 e. The van der Waals surface area contributed by atoms with E-state index in [0.29, 0.717) is 25.3 Å². The third-order valence-corrected chi connectivity index (χ3v) is 5.40. The lowest BCUT2D eigenvalue weighted by molar-refractivity contribution is -0.129. The summed E-state index contributed by atoms with van der Waals surface area (Å²) in [7, 11) is 2.24. The molecule has 3 saturated heterocycles. The Labute approximate surface area is 120 Å². The Kier molecular flexibility index (Phi) is 3.96. The second-order valence-electron chi connectivity index (χ2n) is 6.67. The van der Waals surface area contributed by atoms with E-state index in [1.807, 2.05) is 0 Å². The number of carbonyl (C=O) groups is 2. The molecule has 3 rings (SSSR count). The van der Waals surface area contributed by atoms with Crippen molar-refractivity contribution in [2.45, 2.75) is 50.6 Å². The highest BCUT2D eigenvalue weighted by Crippen LogP contribution is 2.37. The molecule has 5 heteroatoms. The zero-order chi connectivity index (χ0) is 14.1. The van der Waals surface area contributed by atoms with E-state index in [-0.39, 0.29) is 17.7 Å². The second-order valence-corrected chi connectivity index (χ2v) is 6.67. The van der Waals surface area contributed by atoms with Crippen molar-refractivity contribution >= 4 is 11.8 Å². The van der Waals surface area contributed by atoms with E-state index in [1.54, 1.807) is 0 Å². The molecule has 0 aromatic carbocycles. The molecular weight excluding hydrogens is 254 g/mol. The first-order valence-corrected chi connectivity index (χ1v) is 7.90. The first kappa shape index (κ1) is 13.9. The van der Waals surface area contributed by atoms with Gasteiger partial charge in [0.05, 0.1) is 5.92 Å². The lowest BCUT2D eigenvalue weighted by Gasteiger charge is -2.36. The maximum atomic E-state index is 12.1. The minimum atomic E-state index is -0.0318. The van der Waals surface area contributed by atoms with Crippen molar-refractivity contribution in [3.8, 4) is 0 Å². The molecule has 0 aliphatic carbocycles. The summed E-state index contributed by atoms with van der Waals surface area (Å²) in [4.78, 5) is 25.7. The fraction of sp³-hybridized carbons (Fsp3) is 0.867. The third kappa shape index (κ3) is 2.82. The van der Waals surface area contributed by atoms with Gasteiger partial charge in [-0.05, 0) is 45.1 Å². The van der Waals surface area contributed by atoms with Crippen LogP contribution in [-0.4, -0.2) is 48.9 Å². The minimum absolute atomic E-state index is 0.0318. The maximum Gasteiger partial charge on any atom is 0.224 e. The summed E-state index contributed by atoms with van der Waals surface area (Å²) in [5.41, 5.74) is 0. The number of hydrogen-bond donors (Lipinski definition) is 2. The normalized spacial score (nSPS) is 37.5. The molecule has 2 bridgehead atoms. The summed E-state index contributed by atoms with van der Waals surface area (Å²) in [5, 5.41) is 5.89. The van der Waals surface area contributed by atoms with Crippen molar-refractivity contribution in [3.63, 3.8) is 0 Å².